The fourth-order valence-corrected chi connectivity index (χ4v) is 1.61. The summed E-state index contributed by atoms with van der Waals surface area (Å²) < 4.78 is 0. The van der Waals surface area contributed by atoms with E-state index >= 15 is 0 Å². The van der Waals surface area contributed by atoms with Crippen molar-refractivity contribution in [1.82, 2.24) is 15.3 Å². The Morgan fingerprint density at radius 1 is 1.62 bits per heavy atom. The third kappa shape index (κ3) is 3.02. The minimum absolute atomic E-state index is 0.00402. The van der Waals surface area contributed by atoms with Crippen molar-refractivity contribution in [1.29, 1.82) is 0 Å². The van der Waals surface area contributed by atoms with Crippen molar-refractivity contribution >= 4 is 17.7 Å². The van der Waals surface area contributed by atoms with Gasteiger partial charge in [0.1, 0.15) is 5.03 Å². The number of carbonyl (C=O) groups is 1. The lowest BCUT2D eigenvalue weighted by atomic mass is 10.4. The first-order valence-electron chi connectivity index (χ1n) is 3.88. The first kappa shape index (κ1) is 9.98. The van der Waals surface area contributed by atoms with Gasteiger partial charge in [-0.2, -0.15) is 0 Å². The van der Waals surface area contributed by atoms with Gasteiger partial charge in [0.05, 0.1) is 11.4 Å². The summed E-state index contributed by atoms with van der Waals surface area (Å²) in [6.45, 7) is 1.83. The van der Waals surface area contributed by atoms with E-state index < -0.39 is 0 Å². The van der Waals surface area contributed by atoms with E-state index in [2.05, 4.69) is 15.3 Å². The van der Waals surface area contributed by atoms with Gasteiger partial charge in [-0.1, -0.05) is 11.8 Å². The minimum atomic E-state index is -0.137. The van der Waals surface area contributed by atoms with Crippen LogP contribution < -0.4 is 5.32 Å². The number of aromatic nitrogens is 2. The topological polar surface area (TPSA) is 54.9 Å². The first-order valence-corrected chi connectivity index (χ1v) is 4.76. The molecule has 1 atom stereocenters. The summed E-state index contributed by atoms with van der Waals surface area (Å²) in [6.07, 6.45) is 4.86. The lowest BCUT2D eigenvalue weighted by molar-refractivity contribution is -0.119. The number of thioether (sulfide) groups is 1. The SMILES string of the molecule is CNC(=O)C(C)Sc1cnccn1. The second-order valence-corrected chi connectivity index (χ2v) is 3.78. The molecule has 1 N–H and O–H groups in total. The van der Waals surface area contributed by atoms with Crippen LogP contribution >= 0.6 is 11.8 Å². The molecule has 1 heterocycles. The predicted octanol–water partition coefficient (Wildman–Crippen LogP) is 0.703. The van der Waals surface area contributed by atoms with Crippen molar-refractivity contribution in [2.24, 2.45) is 0 Å². The third-order valence-electron chi connectivity index (χ3n) is 1.45. The zero-order valence-corrected chi connectivity index (χ0v) is 8.34. The molecular weight excluding hydrogens is 186 g/mol. The van der Waals surface area contributed by atoms with Gasteiger partial charge in [-0.25, -0.2) is 4.98 Å². The van der Waals surface area contributed by atoms with Gasteiger partial charge in [0, 0.05) is 19.4 Å². The molecule has 0 spiro atoms. The standard InChI is InChI=1S/C8H11N3OS/c1-6(8(12)9-2)13-7-5-10-3-4-11-7/h3-6H,1-2H3,(H,9,12). The summed E-state index contributed by atoms with van der Waals surface area (Å²) in [5, 5.41) is 3.20. The molecule has 1 aromatic heterocycles. The number of amides is 1. The second-order valence-electron chi connectivity index (χ2n) is 2.42. The quantitative estimate of drug-likeness (QED) is 0.725. The first-order chi connectivity index (χ1) is 6.24. The highest BCUT2D eigenvalue weighted by atomic mass is 32.2. The molecule has 0 saturated heterocycles. The molecular formula is C8H11N3OS. The Kier molecular flexibility index (Phi) is 3.70. The largest absolute Gasteiger partial charge is 0.358 e. The van der Waals surface area contributed by atoms with Gasteiger partial charge in [0.25, 0.3) is 0 Å². The summed E-state index contributed by atoms with van der Waals surface area (Å²) in [5.41, 5.74) is 0. The maximum absolute atomic E-state index is 11.1. The van der Waals surface area contributed by atoms with Crippen molar-refractivity contribution in [2.45, 2.75) is 17.2 Å². The molecule has 0 radical (unpaired) electrons. The number of carbonyl (C=O) groups excluding carboxylic acids is 1. The van der Waals surface area contributed by atoms with E-state index in [4.69, 9.17) is 0 Å². The van der Waals surface area contributed by atoms with Gasteiger partial charge in [-0.05, 0) is 6.92 Å². The fourth-order valence-electron chi connectivity index (χ4n) is 0.784. The molecule has 0 bridgehead atoms. The predicted molar refractivity (Wildman–Crippen MR) is 51.4 cm³/mol. The van der Waals surface area contributed by atoms with E-state index in [1.807, 2.05) is 6.92 Å². The molecule has 13 heavy (non-hydrogen) atoms. The summed E-state index contributed by atoms with van der Waals surface area (Å²) in [7, 11) is 1.62. The zero-order valence-electron chi connectivity index (χ0n) is 7.52. The maximum Gasteiger partial charge on any atom is 0.233 e. The number of nitrogens with zero attached hydrogens (tertiary/aromatic N) is 2. The molecule has 5 heteroatoms. The van der Waals surface area contributed by atoms with Crippen LogP contribution in [0.1, 0.15) is 6.92 Å². The molecule has 4 nitrogen and oxygen atoms in total. The highest BCUT2D eigenvalue weighted by molar-refractivity contribution is 8.00. The Balaban J connectivity index is 2.55. The van der Waals surface area contributed by atoms with Gasteiger partial charge < -0.3 is 5.32 Å². The van der Waals surface area contributed by atoms with E-state index in [0.717, 1.165) is 5.03 Å². The number of rotatable bonds is 3. The van der Waals surface area contributed by atoms with E-state index in [0.29, 0.717) is 0 Å². The van der Waals surface area contributed by atoms with Crippen LogP contribution in [0.25, 0.3) is 0 Å². The Bertz CT molecular complexity index is 278. The lowest BCUT2D eigenvalue weighted by Crippen LogP contribution is -2.27. The molecule has 1 rings (SSSR count). The second kappa shape index (κ2) is 4.81. The van der Waals surface area contributed by atoms with Crippen molar-refractivity contribution in [3.8, 4) is 0 Å². The van der Waals surface area contributed by atoms with Crippen LogP contribution in [0, 0.1) is 0 Å². The molecule has 70 valence electrons. The number of nitrogens with one attached hydrogen (secondary N) is 1. The van der Waals surface area contributed by atoms with Gasteiger partial charge in [0.15, 0.2) is 0 Å². The Morgan fingerprint density at radius 2 is 2.38 bits per heavy atom. The van der Waals surface area contributed by atoms with Crippen LogP contribution in [-0.4, -0.2) is 28.2 Å². The Hall–Kier alpha value is -1.10. The molecule has 0 aliphatic rings. The Labute approximate surface area is 81.2 Å². The number of hydrogen-bond donors (Lipinski definition) is 1. The smallest absolute Gasteiger partial charge is 0.233 e. The molecule has 1 unspecified atom stereocenters. The lowest BCUT2D eigenvalue weighted by Gasteiger charge is -2.07. The summed E-state index contributed by atoms with van der Waals surface area (Å²) in [4.78, 5) is 19.1. The molecule has 1 amide bonds. The van der Waals surface area contributed by atoms with Crippen molar-refractivity contribution in [3.05, 3.63) is 18.6 Å². The number of hydrogen-bond acceptors (Lipinski definition) is 4. The van der Waals surface area contributed by atoms with Gasteiger partial charge >= 0.3 is 0 Å². The van der Waals surface area contributed by atoms with E-state index in [1.54, 1.807) is 25.6 Å². The summed E-state index contributed by atoms with van der Waals surface area (Å²) >= 11 is 1.39. The van der Waals surface area contributed by atoms with E-state index in [1.165, 1.54) is 11.8 Å². The molecule has 0 saturated carbocycles. The molecule has 0 aliphatic heterocycles. The zero-order chi connectivity index (χ0) is 9.68. The molecule has 0 aliphatic carbocycles. The Morgan fingerprint density at radius 3 is 2.92 bits per heavy atom. The van der Waals surface area contributed by atoms with E-state index in [9.17, 15) is 4.79 Å². The maximum atomic E-state index is 11.1. The molecule has 0 fully saturated rings. The highest BCUT2D eigenvalue weighted by Gasteiger charge is 2.12. The summed E-state index contributed by atoms with van der Waals surface area (Å²) in [5.74, 6) is -0.00402. The minimum Gasteiger partial charge on any atom is -0.358 e. The third-order valence-corrected chi connectivity index (χ3v) is 2.47. The van der Waals surface area contributed by atoms with Crippen molar-refractivity contribution in [3.63, 3.8) is 0 Å². The van der Waals surface area contributed by atoms with Crippen LogP contribution in [0.4, 0.5) is 0 Å². The summed E-state index contributed by atoms with van der Waals surface area (Å²) in [6, 6.07) is 0. The monoisotopic (exact) mass is 197 g/mol. The van der Waals surface area contributed by atoms with Gasteiger partial charge in [0.2, 0.25) is 5.91 Å². The van der Waals surface area contributed by atoms with Crippen LogP contribution in [-0.2, 0) is 4.79 Å². The fraction of sp³-hybridized carbons (Fsp3) is 0.375. The van der Waals surface area contributed by atoms with Crippen LogP contribution in [0.5, 0.6) is 0 Å². The average Bonchev–Trinajstić information content (AvgIpc) is 2.18. The van der Waals surface area contributed by atoms with Crippen LogP contribution in [0.3, 0.4) is 0 Å². The van der Waals surface area contributed by atoms with Gasteiger partial charge in [-0.3, -0.25) is 9.78 Å². The normalized spacial score (nSPS) is 12.2. The van der Waals surface area contributed by atoms with E-state index in [-0.39, 0.29) is 11.2 Å². The molecule has 0 aromatic carbocycles. The van der Waals surface area contributed by atoms with Crippen molar-refractivity contribution in [2.75, 3.05) is 7.05 Å². The highest BCUT2D eigenvalue weighted by Crippen LogP contribution is 2.19. The van der Waals surface area contributed by atoms with Crippen LogP contribution in [0.2, 0.25) is 0 Å². The molecule has 1 aromatic rings. The van der Waals surface area contributed by atoms with Crippen LogP contribution in [0.15, 0.2) is 23.6 Å². The van der Waals surface area contributed by atoms with Gasteiger partial charge in [-0.15, -0.1) is 0 Å². The average molecular weight is 197 g/mol. The van der Waals surface area contributed by atoms with Crippen molar-refractivity contribution < 1.29 is 4.79 Å².